The second kappa shape index (κ2) is 10.5. The number of halogens is 1. The third-order valence-electron chi connectivity index (χ3n) is 5.91. The lowest BCUT2D eigenvalue weighted by Crippen LogP contribution is -2.26. The van der Waals surface area contributed by atoms with Gasteiger partial charge in [-0.05, 0) is 67.7 Å². The highest BCUT2D eigenvalue weighted by Crippen LogP contribution is 2.40. The second-order valence-electron chi connectivity index (χ2n) is 8.35. The summed E-state index contributed by atoms with van der Waals surface area (Å²) in [5.74, 6) is 1.80. The van der Waals surface area contributed by atoms with Gasteiger partial charge in [-0.1, -0.05) is 11.8 Å². The summed E-state index contributed by atoms with van der Waals surface area (Å²) in [5, 5.41) is 11.7. The monoisotopic (exact) mass is 535 g/mol. The van der Waals surface area contributed by atoms with Crippen molar-refractivity contribution in [3.63, 3.8) is 0 Å². The summed E-state index contributed by atoms with van der Waals surface area (Å²) in [7, 11) is 0. The molecule has 6 rings (SSSR count). The van der Waals surface area contributed by atoms with Crippen LogP contribution < -0.4 is 15.4 Å². The van der Waals surface area contributed by atoms with Gasteiger partial charge in [-0.15, -0.1) is 22.7 Å². The molecule has 0 unspecified atom stereocenters. The molecule has 1 saturated heterocycles. The summed E-state index contributed by atoms with van der Waals surface area (Å²) in [6, 6.07) is 11.9. The lowest BCUT2D eigenvalue weighted by Gasteiger charge is -2.20. The molecule has 0 aliphatic carbocycles. The van der Waals surface area contributed by atoms with Gasteiger partial charge in [-0.25, -0.2) is 14.4 Å². The van der Waals surface area contributed by atoms with Gasteiger partial charge in [0.2, 0.25) is 0 Å². The van der Waals surface area contributed by atoms with Crippen LogP contribution in [-0.4, -0.2) is 28.0 Å². The lowest BCUT2D eigenvalue weighted by molar-refractivity contribution is 0.455. The van der Waals surface area contributed by atoms with Crippen molar-refractivity contribution in [3.05, 3.63) is 77.1 Å². The molecule has 2 N–H and O–H groups in total. The minimum atomic E-state index is -0.311. The molecule has 0 saturated carbocycles. The van der Waals surface area contributed by atoms with Crippen LogP contribution in [0.1, 0.15) is 24.5 Å². The molecule has 0 radical (unpaired) electrons. The SMILES string of the molecule is Fc1ccc(Oc2cc(Sc3ccnc4ccsc34)cnc2Nc2nc(C3CCNCC3)cs2)cc1. The Bertz CT molecular complexity index is 1480. The first kappa shape index (κ1) is 23.4. The number of fused-ring (bicyclic) bond motifs is 1. The van der Waals surface area contributed by atoms with E-state index in [0.717, 1.165) is 56.8 Å². The van der Waals surface area contributed by atoms with E-state index >= 15 is 0 Å². The first-order valence-electron chi connectivity index (χ1n) is 11.6. The minimum Gasteiger partial charge on any atom is -0.453 e. The fraction of sp³-hybridized carbons (Fsp3) is 0.192. The van der Waals surface area contributed by atoms with Gasteiger partial charge in [-0.2, -0.15) is 0 Å². The number of thiophene rings is 1. The number of ether oxygens (including phenoxy) is 1. The van der Waals surface area contributed by atoms with Gasteiger partial charge in [-0.3, -0.25) is 4.98 Å². The molecule has 1 aliphatic rings. The number of aromatic nitrogens is 3. The van der Waals surface area contributed by atoms with Gasteiger partial charge in [0.05, 0.1) is 15.9 Å². The largest absolute Gasteiger partial charge is 0.453 e. The van der Waals surface area contributed by atoms with Gasteiger partial charge in [0.1, 0.15) is 11.6 Å². The zero-order valence-corrected chi connectivity index (χ0v) is 21.6. The molecule has 1 fully saturated rings. The molecule has 5 aromatic rings. The predicted octanol–water partition coefficient (Wildman–Crippen LogP) is 7.44. The Morgan fingerprint density at radius 3 is 2.78 bits per heavy atom. The van der Waals surface area contributed by atoms with Gasteiger partial charge in [0.25, 0.3) is 0 Å². The zero-order valence-electron chi connectivity index (χ0n) is 19.1. The van der Waals surface area contributed by atoms with Gasteiger partial charge >= 0.3 is 0 Å². The van der Waals surface area contributed by atoms with E-state index in [1.165, 1.54) is 12.1 Å². The molecule has 0 amide bonds. The summed E-state index contributed by atoms with van der Waals surface area (Å²) in [5.41, 5.74) is 2.10. The Hall–Kier alpha value is -3.05. The standard InChI is InChI=1S/C26H22FN5OS3/c27-17-1-3-18(4-2-17)33-22-13-19(36-23-7-11-29-20-8-12-34-24(20)23)14-30-25(22)32-26-31-21(15-35-26)16-5-9-28-10-6-16/h1-4,7-8,11-16,28H,5-6,9-10H2,(H,30,31,32). The maximum atomic E-state index is 13.5. The molecule has 0 bridgehead atoms. The van der Waals surface area contributed by atoms with Crippen molar-refractivity contribution in [2.24, 2.45) is 0 Å². The number of anilines is 2. The van der Waals surface area contributed by atoms with Crippen LogP contribution in [0.15, 0.2) is 75.4 Å². The van der Waals surface area contributed by atoms with Crippen LogP contribution in [0.2, 0.25) is 0 Å². The van der Waals surface area contributed by atoms with E-state index in [-0.39, 0.29) is 5.82 Å². The van der Waals surface area contributed by atoms with Crippen LogP contribution in [-0.2, 0) is 0 Å². The van der Waals surface area contributed by atoms with Crippen LogP contribution in [0.5, 0.6) is 11.5 Å². The van der Waals surface area contributed by atoms with Crippen LogP contribution in [0.3, 0.4) is 0 Å². The van der Waals surface area contributed by atoms with E-state index in [4.69, 9.17) is 9.72 Å². The van der Waals surface area contributed by atoms with Gasteiger partial charge in [0, 0.05) is 39.5 Å². The van der Waals surface area contributed by atoms with Crippen molar-refractivity contribution >= 4 is 55.6 Å². The number of benzene rings is 1. The quantitative estimate of drug-likeness (QED) is 0.224. The smallest absolute Gasteiger partial charge is 0.188 e. The molecule has 0 atom stereocenters. The molecule has 6 nitrogen and oxygen atoms in total. The maximum Gasteiger partial charge on any atom is 0.188 e. The molecule has 10 heteroatoms. The van der Waals surface area contributed by atoms with E-state index in [9.17, 15) is 4.39 Å². The van der Waals surface area contributed by atoms with E-state index in [2.05, 4.69) is 26.0 Å². The van der Waals surface area contributed by atoms with E-state index in [1.54, 1.807) is 46.6 Å². The van der Waals surface area contributed by atoms with Crippen molar-refractivity contribution in [3.8, 4) is 11.5 Å². The van der Waals surface area contributed by atoms with Crippen molar-refractivity contribution in [1.29, 1.82) is 0 Å². The zero-order chi connectivity index (χ0) is 24.3. The van der Waals surface area contributed by atoms with Crippen LogP contribution in [0.25, 0.3) is 10.2 Å². The number of rotatable bonds is 7. The fourth-order valence-corrected chi connectivity index (χ4v) is 6.76. The number of hydrogen-bond acceptors (Lipinski definition) is 9. The Kier molecular flexibility index (Phi) is 6.82. The van der Waals surface area contributed by atoms with Crippen molar-refractivity contribution in [2.75, 3.05) is 18.4 Å². The molecule has 4 aromatic heterocycles. The van der Waals surface area contributed by atoms with Crippen molar-refractivity contribution in [1.82, 2.24) is 20.3 Å². The van der Waals surface area contributed by atoms with E-state index < -0.39 is 0 Å². The molecule has 5 heterocycles. The number of hydrogen-bond donors (Lipinski definition) is 2. The average Bonchev–Trinajstić information content (AvgIpc) is 3.58. The highest BCUT2D eigenvalue weighted by molar-refractivity contribution is 7.99. The highest BCUT2D eigenvalue weighted by atomic mass is 32.2. The molecule has 1 aliphatic heterocycles. The topological polar surface area (TPSA) is 72.0 Å². The first-order chi connectivity index (χ1) is 17.7. The molecule has 36 heavy (non-hydrogen) atoms. The third kappa shape index (κ3) is 5.22. The number of nitrogens with zero attached hydrogens (tertiary/aromatic N) is 3. The molecular weight excluding hydrogens is 514 g/mol. The van der Waals surface area contributed by atoms with Crippen LogP contribution in [0.4, 0.5) is 15.3 Å². The maximum absolute atomic E-state index is 13.5. The fourth-order valence-electron chi connectivity index (χ4n) is 4.09. The molecule has 1 aromatic carbocycles. The summed E-state index contributed by atoms with van der Waals surface area (Å²) in [6.07, 6.45) is 5.84. The van der Waals surface area contributed by atoms with E-state index in [0.29, 0.717) is 23.2 Å². The molecular formula is C26H22FN5OS3. The normalized spacial score (nSPS) is 14.2. The Balaban J connectivity index is 1.29. The van der Waals surface area contributed by atoms with Crippen molar-refractivity contribution in [2.45, 2.75) is 28.6 Å². The Morgan fingerprint density at radius 1 is 1.06 bits per heavy atom. The molecule has 0 spiro atoms. The minimum absolute atomic E-state index is 0.311. The summed E-state index contributed by atoms with van der Waals surface area (Å²) in [6.45, 7) is 2.05. The highest BCUT2D eigenvalue weighted by Gasteiger charge is 2.19. The lowest BCUT2D eigenvalue weighted by atomic mass is 9.96. The number of nitrogens with one attached hydrogen (secondary N) is 2. The van der Waals surface area contributed by atoms with Crippen LogP contribution in [0, 0.1) is 5.82 Å². The number of thiazole rings is 1. The van der Waals surface area contributed by atoms with Gasteiger partial charge < -0.3 is 15.4 Å². The first-order valence-corrected chi connectivity index (χ1v) is 14.2. The van der Waals surface area contributed by atoms with E-state index in [1.807, 2.05) is 36.0 Å². The van der Waals surface area contributed by atoms with Crippen molar-refractivity contribution < 1.29 is 9.13 Å². The summed E-state index contributed by atoms with van der Waals surface area (Å²) in [4.78, 5) is 16.0. The predicted molar refractivity (Wildman–Crippen MR) is 145 cm³/mol. The summed E-state index contributed by atoms with van der Waals surface area (Å²) >= 11 is 4.84. The van der Waals surface area contributed by atoms with Gasteiger partial charge in [0.15, 0.2) is 16.7 Å². The average molecular weight is 536 g/mol. The summed E-state index contributed by atoms with van der Waals surface area (Å²) < 4.78 is 20.8. The Morgan fingerprint density at radius 2 is 1.92 bits per heavy atom. The molecule has 182 valence electrons. The second-order valence-corrected chi connectivity index (χ2v) is 11.2. The Labute approximate surface area is 220 Å². The van der Waals surface area contributed by atoms with Crippen LogP contribution >= 0.6 is 34.4 Å². The third-order valence-corrected chi connectivity index (χ3v) is 8.77. The number of piperidine rings is 1. The number of pyridine rings is 2.